The van der Waals surface area contributed by atoms with E-state index in [0.717, 1.165) is 11.1 Å². The second kappa shape index (κ2) is 8.26. The number of amides is 1. The fraction of sp³-hybridized carbons (Fsp3) is 0.381. The largest absolute Gasteiger partial charge is 0.480 e. The Morgan fingerprint density at radius 1 is 1.33 bits per heavy atom. The van der Waals surface area contributed by atoms with Gasteiger partial charge in [0, 0.05) is 37.8 Å². The molecule has 1 aliphatic rings. The first-order valence-corrected chi connectivity index (χ1v) is 10.5. The molecule has 0 bridgehead atoms. The molecule has 0 aliphatic carbocycles. The number of likely N-dealkylation sites (tertiary alicyclic amines) is 1. The van der Waals surface area contributed by atoms with Gasteiger partial charge in [-0.2, -0.15) is 9.97 Å². The Morgan fingerprint density at radius 2 is 2.18 bits per heavy atom. The van der Waals surface area contributed by atoms with Gasteiger partial charge >= 0.3 is 0 Å². The van der Waals surface area contributed by atoms with Gasteiger partial charge in [0.1, 0.15) is 17.7 Å². The van der Waals surface area contributed by atoms with E-state index in [1.807, 2.05) is 6.07 Å². The predicted octanol–water partition coefficient (Wildman–Crippen LogP) is 2.68. The van der Waals surface area contributed by atoms with Crippen LogP contribution < -0.4 is 10.1 Å². The van der Waals surface area contributed by atoms with Gasteiger partial charge in [0.15, 0.2) is 0 Å². The molecule has 33 heavy (non-hydrogen) atoms. The van der Waals surface area contributed by atoms with Crippen molar-refractivity contribution in [2.24, 2.45) is 0 Å². The lowest BCUT2D eigenvalue weighted by atomic mass is 10.1. The monoisotopic (exact) mass is 456 g/mol. The highest BCUT2D eigenvalue weighted by atomic mass is 19.3. The molecule has 1 aromatic carbocycles. The molecule has 4 heterocycles. The molecule has 1 fully saturated rings. The van der Waals surface area contributed by atoms with Gasteiger partial charge in [0.05, 0.1) is 18.0 Å². The number of likely N-dealkylation sites (N-methyl/N-ethyl adjacent to an activating group) is 1. The molecule has 1 amide bonds. The highest BCUT2D eigenvalue weighted by Crippen LogP contribution is 2.35. The molecule has 1 saturated heterocycles. The lowest BCUT2D eigenvalue weighted by Gasteiger charge is -2.30. The molecule has 0 radical (unpaired) electrons. The van der Waals surface area contributed by atoms with Gasteiger partial charge in [0.25, 0.3) is 6.43 Å². The summed E-state index contributed by atoms with van der Waals surface area (Å²) in [4.78, 5) is 25.7. The van der Waals surface area contributed by atoms with Crippen LogP contribution in [-0.2, 0) is 11.3 Å². The zero-order valence-electron chi connectivity index (χ0n) is 18.0. The Bertz CT molecular complexity index is 1330. The van der Waals surface area contributed by atoms with Crippen LogP contribution in [0.15, 0.2) is 24.4 Å². The first-order chi connectivity index (χ1) is 15.9. The van der Waals surface area contributed by atoms with Crippen LogP contribution in [0.3, 0.4) is 0 Å². The fourth-order valence-electron chi connectivity index (χ4n) is 4.15. The number of H-pyrrole nitrogens is 1. The molecule has 1 aliphatic heterocycles. The third kappa shape index (κ3) is 3.92. The van der Waals surface area contributed by atoms with Crippen LogP contribution in [0.4, 0.5) is 14.7 Å². The number of fused-ring (bicyclic) bond motifs is 2. The van der Waals surface area contributed by atoms with Crippen LogP contribution in [0.25, 0.3) is 33.2 Å². The first-order valence-electron chi connectivity index (χ1n) is 10.5. The Kier molecular flexibility index (Phi) is 5.27. The quantitative estimate of drug-likeness (QED) is 0.459. The van der Waals surface area contributed by atoms with Crippen molar-refractivity contribution in [1.82, 2.24) is 34.8 Å². The number of benzene rings is 1. The standard InChI is InChI=1S/C21H22F2N8O2/c1-30-9-12(4-6-17(30)32)25-21-26-19-18(20(27-21)33-2)13(8-24-19)11-3-5-14-15(7-11)31(29-28-14)10-16(22)23/h3,5,7-8,12,16H,4,6,9-10H2,1-2H3,(H2,24,25,26,27)/t12-/m1/s1. The lowest BCUT2D eigenvalue weighted by molar-refractivity contribution is -0.132. The van der Waals surface area contributed by atoms with E-state index in [9.17, 15) is 13.6 Å². The minimum atomic E-state index is -2.53. The van der Waals surface area contributed by atoms with E-state index < -0.39 is 13.0 Å². The number of rotatable bonds is 6. The van der Waals surface area contributed by atoms with Crippen LogP contribution in [0, 0.1) is 0 Å². The average Bonchev–Trinajstić information content (AvgIpc) is 3.39. The summed E-state index contributed by atoms with van der Waals surface area (Å²) in [6, 6.07) is 5.38. The number of ether oxygens (including phenoxy) is 1. The smallest absolute Gasteiger partial charge is 0.258 e. The van der Waals surface area contributed by atoms with E-state index in [4.69, 9.17) is 4.74 Å². The minimum Gasteiger partial charge on any atom is -0.480 e. The van der Waals surface area contributed by atoms with Crippen molar-refractivity contribution in [3.63, 3.8) is 0 Å². The van der Waals surface area contributed by atoms with E-state index in [1.165, 1.54) is 11.8 Å². The SMILES string of the molecule is COc1nc(N[C@@H]2CCC(=O)N(C)C2)nc2[nH]cc(-c3ccc4nnn(CC(F)F)c4c3)c12. The van der Waals surface area contributed by atoms with Crippen molar-refractivity contribution in [3.05, 3.63) is 24.4 Å². The van der Waals surface area contributed by atoms with E-state index in [2.05, 4.69) is 30.6 Å². The molecule has 2 N–H and O–H groups in total. The van der Waals surface area contributed by atoms with Crippen LogP contribution >= 0.6 is 0 Å². The zero-order valence-corrected chi connectivity index (χ0v) is 18.0. The first kappa shape index (κ1) is 21.0. The van der Waals surface area contributed by atoms with Gasteiger partial charge in [-0.1, -0.05) is 11.3 Å². The molecule has 1 atom stereocenters. The summed E-state index contributed by atoms with van der Waals surface area (Å²) >= 11 is 0. The number of hydrogen-bond donors (Lipinski definition) is 2. The van der Waals surface area contributed by atoms with E-state index in [1.54, 1.807) is 30.3 Å². The number of methoxy groups -OCH3 is 1. The molecule has 0 unspecified atom stereocenters. The highest BCUT2D eigenvalue weighted by molar-refractivity contribution is 5.99. The fourth-order valence-corrected chi connectivity index (χ4v) is 4.15. The average molecular weight is 456 g/mol. The number of nitrogens with zero attached hydrogens (tertiary/aromatic N) is 6. The second-order valence-corrected chi connectivity index (χ2v) is 8.00. The van der Waals surface area contributed by atoms with Crippen molar-refractivity contribution in [3.8, 4) is 17.0 Å². The predicted molar refractivity (Wildman–Crippen MR) is 117 cm³/mol. The van der Waals surface area contributed by atoms with E-state index >= 15 is 0 Å². The number of carbonyl (C=O) groups is 1. The van der Waals surface area contributed by atoms with Gasteiger partial charge in [0.2, 0.25) is 17.7 Å². The number of alkyl halides is 2. The lowest BCUT2D eigenvalue weighted by Crippen LogP contribution is -2.43. The third-order valence-electron chi connectivity index (χ3n) is 5.79. The van der Waals surface area contributed by atoms with Crippen molar-refractivity contribution in [2.45, 2.75) is 31.9 Å². The molecule has 3 aromatic heterocycles. The summed E-state index contributed by atoms with van der Waals surface area (Å²) in [5, 5.41) is 11.7. The number of aromatic amines is 1. The number of halogens is 2. The Hall–Kier alpha value is -3.83. The number of piperidine rings is 1. The number of hydrogen-bond acceptors (Lipinski definition) is 7. The topological polar surface area (TPSA) is 114 Å². The summed E-state index contributed by atoms with van der Waals surface area (Å²) in [5.74, 6) is 0.895. The van der Waals surface area contributed by atoms with Crippen molar-refractivity contribution >= 4 is 33.9 Å². The number of nitrogens with one attached hydrogen (secondary N) is 2. The Balaban J connectivity index is 1.51. The molecule has 0 spiro atoms. The maximum Gasteiger partial charge on any atom is 0.258 e. The van der Waals surface area contributed by atoms with Crippen molar-refractivity contribution in [2.75, 3.05) is 26.0 Å². The molecule has 0 saturated carbocycles. The molecular formula is C21H22F2N8O2. The summed E-state index contributed by atoms with van der Waals surface area (Å²) < 4.78 is 32.6. The summed E-state index contributed by atoms with van der Waals surface area (Å²) in [6.07, 6.45) is 0.414. The van der Waals surface area contributed by atoms with Gasteiger partial charge in [-0.25, -0.2) is 13.5 Å². The second-order valence-electron chi connectivity index (χ2n) is 8.00. The van der Waals surface area contributed by atoms with Gasteiger partial charge in [-0.3, -0.25) is 4.79 Å². The summed E-state index contributed by atoms with van der Waals surface area (Å²) in [5.41, 5.74) is 3.14. The van der Waals surface area contributed by atoms with Gasteiger partial charge < -0.3 is 19.9 Å². The maximum absolute atomic E-state index is 12.9. The molecule has 10 nitrogen and oxygen atoms in total. The van der Waals surface area contributed by atoms with Crippen LogP contribution in [0.1, 0.15) is 12.8 Å². The summed E-state index contributed by atoms with van der Waals surface area (Å²) in [7, 11) is 3.30. The highest BCUT2D eigenvalue weighted by Gasteiger charge is 2.24. The van der Waals surface area contributed by atoms with Gasteiger partial charge in [-0.15, -0.1) is 5.10 Å². The van der Waals surface area contributed by atoms with Crippen LogP contribution in [0.5, 0.6) is 5.88 Å². The third-order valence-corrected chi connectivity index (χ3v) is 5.79. The van der Waals surface area contributed by atoms with Crippen molar-refractivity contribution in [1.29, 1.82) is 0 Å². The van der Waals surface area contributed by atoms with E-state index in [0.29, 0.717) is 53.3 Å². The normalized spacial score (nSPS) is 16.8. The molecule has 5 rings (SSSR count). The maximum atomic E-state index is 12.9. The molecule has 172 valence electrons. The van der Waals surface area contributed by atoms with Crippen molar-refractivity contribution < 1.29 is 18.3 Å². The molecule has 4 aromatic rings. The molecular weight excluding hydrogens is 434 g/mol. The number of carbonyl (C=O) groups excluding carboxylic acids is 1. The van der Waals surface area contributed by atoms with Crippen LogP contribution in [0.2, 0.25) is 0 Å². The Morgan fingerprint density at radius 3 is 2.94 bits per heavy atom. The molecule has 12 heteroatoms. The number of aromatic nitrogens is 6. The van der Waals surface area contributed by atoms with E-state index in [-0.39, 0.29) is 11.9 Å². The van der Waals surface area contributed by atoms with Crippen LogP contribution in [-0.4, -0.2) is 73.9 Å². The Labute approximate surface area is 186 Å². The number of anilines is 1. The zero-order chi connectivity index (χ0) is 23.1. The minimum absolute atomic E-state index is 0.0364. The van der Waals surface area contributed by atoms with Gasteiger partial charge in [-0.05, 0) is 24.1 Å². The summed E-state index contributed by atoms with van der Waals surface area (Å²) in [6.45, 7) is 0.0378.